The highest BCUT2D eigenvalue weighted by molar-refractivity contribution is 5.93. The molecule has 1 aliphatic carbocycles. The molecule has 3 rings (SSSR count). The van der Waals surface area contributed by atoms with Gasteiger partial charge in [0.05, 0.1) is 17.1 Å². The minimum absolute atomic E-state index is 0.0517. The maximum atomic E-state index is 13.0. The van der Waals surface area contributed by atoms with Crippen molar-refractivity contribution in [2.75, 3.05) is 11.4 Å². The van der Waals surface area contributed by atoms with Crippen LogP contribution in [0.3, 0.4) is 0 Å². The summed E-state index contributed by atoms with van der Waals surface area (Å²) in [6, 6.07) is 0. The van der Waals surface area contributed by atoms with Gasteiger partial charge in [0.2, 0.25) is 5.91 Å². The second-order valence-corrected chi connectivity index (χ2v) is 5.20. The van der Waals surface area contributed by atoms with Crippen molar-refractivity contribution in [1.82, 2.24) is 10.2 Å². The van der Waals surface area contributed by atoms with Crippen molar-refractivity contribution >= 4 is 11.6 Å². The minimum atomic E-state index is -4.30. The van der Waals surface area contributed by atoms with Crippen LogP contribution in [0.1, 0.15) is 49.4 Å². The lowest BCUT2D eigenvalue weighted by Gasteiger charge is -2.32. The van der Waals surface area contributed by atoms with Gasteiger partial charge in [-0.05, 0) is 19.3 Å². The van der Waals surface area contributed by atoms with Gasteiger partial charge in [-0.25, -0.2) is 0 Å². The Morgan fingerprint density at radius 2 is 2.05 bits per heavy atom. The summed E-state index contributed by atoms with van der Waals surface area (Å²) >= 11 is 0. The highest BCUT2D eigenvalue weighted by Crippen LogP contribution is 2.50. The Morgan fingerprint density at radius 1 is 1.37 bits per heavy atom. The predicted octanol–water partition coefficient (Wildman–Crippen LogP) is 2.69. The Kier molecular flexibility index (Phi) is 2.62. The summed E-state index contributed by atoms with van der Waals surface area (Å²) in [7, 11) is 0. The van der Waals surface area contributed by atoms with E-state index in [9.17, 15) is 18.0 Å². The number of aromatic amines is 1. The molecule has 1 aromatic heterocycles. The van der Waals surface area contributed by atoms with Crippen LogP contribution in [-0.2, 0) is 4.79 Å². The number of carbonyl (C=O) groups excluding carboxylic acids is 1. The molecule has 0 saturated heterocycles. The van der Waals surface area contributed by atoms with Crippen molar-refractivity contribution in [2.24, 2.45) is 0 Å². The zero-order chi connectivity index (χ0) is 13.8. The highest BCUT2D eigenvalue weighted by Gasteiger charge is 2.48. The molecule has 0 bridgehead atoms. The fourth-order valence-electron chi connectivity index (χ4n) is 2.69. The number of halogens is 3. The van der Waals surface area contributed by atoms with E-state index in [1.165, 1.54) is 11.8 Å². The van der Waals surface area contributed by atoms with Crippen molar-refractivity contribution in [3.05, 3.63) is 11.4 Å². The molecule has 4 nitrogen and oxygen atoms in total. The van der Waals surface area contributed by atoms with Crippen LogP contribution in [0.25, 0.3) is 0 Å². The Balaban J connectivity index is 2.08. The summed E-state index contributed by atoms with van der Waals surface area (Å²) in [5.41, 5.74) is 1.05. The van der Waals surface area contributed by atoms with Crippen molar-refractivity contribution in [2.45, 2.75) is 44.2 Å². The number of aromatic nitrogens is 2. The average Bonchev–Trinajstić information content (AvgIpc) is 3.06. The molecule has 1 unspecified atom stereocenters. The number of hydrogen-bond donors (Lipinski definition) is 1. The smallest absolute Gasteiger partial charge is 0.309 e. The van der Waals surface area contributed by atoms with E-state index in [1.54, 1.807) is 0 Å². The largest absolute Gasteiger partial charge is 0.397 e. The monoisotopic (exact) mass is 273 g/mol. The van der Waals surface area contributed by atoms with E-state index >= 15 is 0 Å². The van der Waals surface area contributed by atoms with Crippen LogP contribution in [0.4, 0.5) is 18.9 Å². The predicted molar refractivity (Wildman–Crippen MR) is 62.0 cm³/mol. The lowest BCUT2D eigenvalue weighted by Crippen LogP contribution is -2.38. The summed E-state index contributed by atoms with van der Waals surface area (Å²) in [5.74, 6) is -1.57. The van der Waals surface area contributed by atoms with Crippen molar-refractivity contribution in [3.63, 3.8) is 0 Å². The molecular formula is C12H14F3N3O. The van der Waals surface area contributed by atoms with E-state index in [-0.39, 0.29) is 30.5 Å². The Labute approximate surface area is 108 Å². The first-order chi connectivity index (χ1) is 8.89. The zero-order valence-electron chi connectivity index (χ0n) is 10.4. The second kappa shape index (κ2) is 3.98. The molecular weight excluding hydrogens is 259 g/mol. The summed E-state index contributed by atoms with van der Waals surface area (Å²) in [4.78, 5) is 13.0. The van der Waals surface area contributed by atoms with Crippen LogP contribution in [-0.4, -0.2) is 28.8 Å². The van der Waals surface area contributed by atoms with Crippen LogP contribution in [0, 0.1) is 0 Å². The number of nitrogens with zero attached hydrogens (tertiary/aromatic N) is 2. The van der Waals surface area contributed by atoms with Gasteiger partial charge in [0.25, 0.3) is 0 Å². The Morgan fingerprint density at radius 3 is 2.58 bits per heavy atom. The molecule has 0 radical (unpaired) electrons. The fourth-order valence-corrected chi connectivity index (χ4v) is 2.69. The van der Waals surface area contributed by atoms with Crippen LogP contribution in [0.15, 0.2) is 0 Å². The van der Waals surface area contributed by atoms with Crippen molar-refractivity contribution in [1.29, 1.82) is 0 Å². The average molecular weight is 273 g/mol. The number of anilines is 1. The van der Waals surface area contributed by atoms with Gasteiger partial charge in [-0.3, -0.25) is 9.89 Å². The van der Waals surface area contributed by atoms with Gasteiger partial charge in [-0.1, -0.05) is 0 Å². The number of rotatable bonds is 1. The molecule has 7 heteroatoms. The van der Waals surface area contributed by atoms with Gasteiger partial charge in [-0.15, -0.1) is 0 Å². The standard InChI is InChI=1S/C12H14F3N3O/c1-6(19)18-5-4-8(12(13,14)15)10-11(18)9(16-17-10)7-2-3-7/h7-8H,2-5H2,1H3,(H,16,17). The topological polar surface area (TPSA) is 49.0 Å². The van der Waals surface area contributed by atoms with E-state index < -0.39 is 12.1 Å². The molecule has 104 valence electrons. The Bertz CT molecular complexity index is 519. The molecule has 1 N–H and O–H groups in total. The highest BCUT2D eigenvalue weighted by atomic mass is 19.4. The van der Waals surface area contributed by atoms with E-state index in [0.29, 0.717) is 11.4 Å². The maximum Gasteiger partial charge on any atom is 0.397 e. The van der Waals surface area contributed by atoms with Crippen molar-refractivity contribution in [3.8, 4) is 0 Å². The summed E-state index contributed by atoms with van der Waals surface area (Å²) in [5, 5.41) is 6.56. The lowest BCUT2D eigenvalue weighted by atomic mass is 9.93. The Hall–Kier alpha value is -1.53. The van der Waals surface area contributed by atoms with Gasteiger partial charge in [0, 0.05) is 19.4 Å². The molecule has 1 aromatic rings. The third kappa shape index (κ3) is 2.01. The molecule has 1 saturated carbocycles. The van der Waals surface area contributed by atoms with Crippen LogP contribution in [0.5, 0.6) is 0 Å². The number of alkyl halides is 3. The number of nitrogens with one attached hydrogen (secondary N) is 1. The van der Waals surface area contributed by atoms with Gasteiger partial charge in [0.1, 0.15) is 5.92 Å². The molecule has 2 heterocycles. The quantitative estimate of drug-likeness (QED) is 0.855. The van der Waals surface area contributed by atoms with Gasteiger partial charge >= 0.3 is 6.18 Å². The van der Waals surface area contributed by atoms with E-state index in [0.717, 1.165) is 12.8 Å². The number of amides is 1. The summed E-state index contributed by atoms with van der Waals surface area (Å²) in [6.45, 7) is 1.48. The van der Waals surface area contributed by atoms with Crippen molar-refractivity contribution < 1.29 is 18.0 Å². The second-order valence-electron chi connectivity index (χ2n) is 5.20. The molecule has 1 atom stereocenters. The summed E-state index contributed by atoms with van der Waals surface area (Å²) < 4.78 is 39.1. The van der Waals surface area contributed by atoms with E-state index in [4.69, 9.17) is 0 Å². The lowest BCUT2D eigenvalue weighted by molar-refractivity contribution is -0.153. The molecule has 19 heavy (non-hydrogen) atoms. The normalized spacial score (nSPS) is 23.4. The summed E-state index contributed by atoms with van der Waals surface area (Å²) in [6.07, 6.45) is -2.55. The third-order valence-corrected chi connectivity index (χ3v) is 3.79. The third-order valence-electron chi connectivity index (χ3n) is 3.79. The maximum absolute atomic E-state index is 13.0. The molecule has 0 spiro atoms. The van der Waals surface area contributed by atoms with Crippen LogP contribution < -0.4 is 4.90 Å². The molecule has 1 amide bonds. The SMILES string of the molecule is CC(=O)N1CCC(C(F)(F)F)c2[nH]nc(C3CC3)c21. The molecule has 0 aromatic carbocycles. The molecule has 1 fully saturated rings. The first-order valence-corrected chi connectivity index (χ1v) is 6.32. The number of hydrogen-bond acceptors (Lipinski definition) is 2. The zero-order valence-corrected chi connectivity index (χ0v) is 10.4. The van der Waals surface area contributed by atoms with Gasteiger partial charge < -0.3 is 4.90 Å². The van der Waals surface area contributed by atoms with Gasteiger partial charge in [-0.2, -0.15) is 18.3 Å². The molecule has 1 aliphatic heterocycles. The van der Waals surface area contributed by atoms with Crippen LogP contribution in [0.2, 0.25) is 0 Å². The number of carbonyl (C=O) groups is 1. The number of fused-ring (bicyclic) bond motifs is 1. The number of H-pyrrole nitrogens is 1. The minimum Gasteiger partial charge on any atom is -0.309 e. The first-order valence-electron chi connectivity index (χ1n) is 6.32. The van der Waals surface area contributed by atoms with E-state index in [2.05, 4.69) is 10.2 Å². The first kappa shape index (κ1) is 12.5. The fraction of sp³-hybridized carbons (Fsp3) is 0.667. The van der Waals surface area contributed by atoms with Gasteiger partial charge in [0.15, 0.2) is 0 Å². The molecule has 2 aliphatic rings. The van der Waals surface area contributed by atoms with E-state index in [1.807, 2.05) is 0 Å². The van der Waals surface area contributed by atoms with Crippen LogP contribution >= 0.6 is 0 Å².